The molecule has 1 unspecified atom stereocenters. The van der Waals surface area contributed by atoms with Crippen LogP contribution in [0, 0.1) is 5.92 Å². The molecule has 3 aromatic rings. The third-order valence-electron chi connectivity index (χ3n) is 7.10. The second-order valence-corrected chi connectivity index (χ2v) is 10.4. The standard InChI is InChI=1S/C31H28BrNO3/c1-20-28(31(35)36-16-15-21-9-4-2-5-10-21)29(23-13-8-14-25(32)17-23)30-26(33-20)18-24(19-27(30)34)22-11-6-3-7-12-22/h2-14,17,24,28-29H,15-16,18-19H2,1H3/t24-,28?,29+/m1/s1. The van der Waals surface area contributed by atoms with Crippen LogP contribution in [0.15, 0.2) is 106 Å². The van der Waals surface area contributed by atoms with Crippen molar-refractivity contribution in [3.05, 3.63) is 117 Å². The fraction of sp³-hybridized carbons (Fsp3) is 0.258. The van der Waals surface area contributed by atoms with Gasteiger partial charge < -0.3 is 4.74 Å². The van der Waals surface area contributed by atoms with E-state index in [2.05, 4.69) is 28.1 Å². The molecule has 3 aromatic carbocycles. The summed E-state index contributed by atoms with van der Waals surface area (Å²) in [5.74, 6) is -1.23. The van der Waals surface area contributed by atoms with E-state index in [0.29, 0.717) is 30.5 Å². The predicted molar refractivity (Wildman–Crippen MR) is 145 cm³/mol. The zero-order chi connectivity index (χ0) is 25.1. The van der Waals surface area contributed by atoms with E-state index in [1.165, 1.54) is 0 Å². The molecule has 4 nitrogen and oxygen atoms in total. The normalized spacial score (nSPS) is 21.6. The number of aliphatic imine (C=N–C) groups is 1. The molecule has 36 heavy (non-hydrogen) atoms. The molecule has 0 bridgehead atoms. The molecule has 1 aliphatic carbocycles. The molecule has 182 valence electrons. The molecule has 3 atom stereocenters. The van der Waals surface area contributed by atoms with Crippen molar-refractivity contribution in [2.45, 2.75) is 38.0 Å². The van der Waals surface area contributed by atoms with Crippen molar-refractivity contribution < 1.29 is 14.3 Å². The van der Waals surface area contributed by atoms with Gasteiger partial charge in [0.2, 0.25) is 0 Å². The van der Waals surface area contributed by atoms with Crippen LogP contribution in [-0.2, 0) is 20.7 Å². The number of esters is 1. The van der Waals surface area contributed by atoms with Gasteiger partial charge in [-0.05, 0) is 48.1 Å². The summed E-state index contributed by atoms with van der Waals surface area (Å²) >= 11 is 3.56. The number of rotatable bonds is 6. The van der Waals surface area contributed by atoms with Crippen LogP contribution in [0.3, 0.4) is 0 Å². The number of carbonyl (C=O) groups is 2. The van der Waals surface area contributed by atoms with E-state index >= 15 is 0 Å². The number of halogens is 1. The van der Waals surface area contributed by atoms with Crippen molar-refractivity contribution in [2.75, 3.05) is 6.61 Å². The summed E-state index contributed by atoms with van der Waals surface area (Å²) in [7, 11) is 0. The van der Waals surface area contributed by atoms with E-state index in [4.69, 9.17) is 9.73 Å². The molecule has 0 amide bonds. The van der Waals surface area contributed by atoms with Gasteiger partial charge in [-0.3, -0.25) is 14.6 Å². The van der Waals surface area contributed by atoms with E-state index in [0.717, 1.165) is 26.9 Å². The minimum atomic E-state index is -0.633. The van der Waals surface area contributed by atoms with Gasteiger partial charge in [0.25, 0.3) is 0 Å². The quantitative estimate of drug-likeness (QED) is 0.322. The summed E-state index contributed by atoms with van der Waals surface area (Å²) in [6.45, 7) is 2.17. The minimum Gasteiger partial charge on any atom is -0.465 e. The Bertz CT molecular complexity index is 1330. The van der Waals surface area contributed by atoms with Gasteiger partial charge >= 0.3 is 5.97 Å². The number of allylic oxidation sites excluding steroid dienone is 2. The van der Waals surface area contributed by atoms with Crippen molar-refractivity contribution in [2.24, 2.45) is 10.9 Å². The number of Topliss-reactive ketones (excluding diaryl/α,β-unsaturated/α-hetero) is 1. The fourth-order valence-corrected chi connectivity index (χ4v) is 5.81. The van der Waals surface area contributed by atoms with Crippen LogP contribution in [0.2, 0.25) is 0 Å². The lowest BCUT2D eigenvalue weighted by atomic mass is 9.69. The summed E-state index contributed by atoms with van der Waals surface area (Å²) < 4.78 is 6.68. The van der Waals surface area contributed by atoms with Crippen molar-refractivity contribution in [3.63, 3.8) is 0 Å². The maximum absolute atomic E-state index is 13.7. The molecule has 0 aromatic heterocycles. The fourth-order valence-electron chi connectivity index (χ4n) is 5.39. The summed E-state index contributed by atoms with van der Waals surface area (Å²) in [5, 5.41) is 0. The van der Waals surface area contributed by atoms with Gasteiger partial charge in [-0.25, -0.2) is 0 Å². The lowest BCUT2D eigenvalue weighted by Gasteiger charge is -2.36. The van der Waals surface area contributed by atoms with Crippen LogP contribution in [-0.4, -0.2) is 24.1 Å². The van der Waals surface area contributed by atoms with Crippen molar-refractivity contribution in [1.29, 1.82) is 0 Å². The predicted octanol–water partition coefficient (Wildman–Crippen LogP) is 6.81. The average Bonchev–Trinajstić information content (AvgIpc) is 2.89. The molecule has 0 saturated carbocycles. The Morgan fingerprint density at radius 3 is 2.36 bits per heavy atom. The Morgan fingerprint density at radius 2 is 1.64 bits per heavy atom. The lowest BCUT2D eigenvalue weighted by Crippen LogP contribution is -2.38. The lowest BCUT2D eigenvalue weighted by molar-refractivity contribution is -0.146. The van der Waals surface area contributed by atoms with Gasteiger partial charge in [0.05, 0.1) is 6.61 Å². The maximum Gasteiger partial charge on any atom is 0.315 e. The highest BCUT2D eigenvalue weighted by molar-refractivity contribution is 9.10. The molecule has 0 saturated heterocycles. The first-order chi connectivity index (χ1) is 17.5. The number of ether oxygens (including phenoxy) is 1. The first-order valence-electron chi connectivity index (χ1n) is 12.3. The zero-order valence-electron chi connectivity index (χ0n) is 20.2. The highest BCUT2D eigenvalue weighted by Gasteiger charge is 2.44. The summed E-state index contributed by atoms with van der Waals surface area (Å²) in [5.41, 5.74) is 5.34. The zero-order valence-corrected chi connectivity index (χ0v) is 21.8. The molecule has 0 N–H and O–H groups in total. The first kappa shape index (κ1) is 24.4. The topological polar surface area (TPSA) is 55.7 Å². The molecule has 0 spiro atoms. The minimum absolute atomic E-state index is 0.0633. The van der Waals surface area contributed by atoms with E-state index in [9.17, 15) is 9.59 Å². The molecule has 5 heteroatoms. The van der Waals surface area contributed by atoms with Crippen LogP contribution in [0.5, 0.6) is 0 Å². The maximum atomic E-state index is 13.7. The number of ketones is 1. The number of benzene rings is 3. The van der Waals surface area contributed by atoms with Crippen LogP contribution < -0.4 is 0 Å². The van der Waals surface area contributed by atoms with Crippen molar-refractivity contribution in [3.8, 4) is 0 Å². The Kier molecular flexibility index (Phi) is 7.28. The summed E-state index contributed by atoms with van der Waals surface area (Å²) in [6, 6.07) is 28.0. The SMILES string of the molecule is CC1=NC2=C(C(=O)C[C@H](c3ccccc3)C2)[C@@H](c2cccc(Br)c2)C1C(=O)OCCc1ccccc1. The highest BCUT2D eigenvalue weighted by atomic mass is 79.9. The van der Waals surface area contributed by atoms with Crippen molar-refractivity contribution >= 4 is 33.4 Å². The second-order valence-electron chi connectivity index (χ2n) is 9.47. The smallest absolute Gasteiger partial charge is 0.315 e. The molecule has 2 aliphatic rings. The van der Waals surface area contributed by atoms with E-state index < -0.39 is 11.8 Å². The third kappa shape index (κ3) is 5.12. The number of hydrogen-bond donors (Lipinski definition) is 0. The van der Waals surface area contributed by atoms with Crippen LogP contribution in [0.25, 0.3) is 0 Å². The van der Waals surface area contributed by atoms with Crippen LogP contribution in [0.4, 0.5) is 0 Å². The Labute approximate surface area is 220 Å². The number of hydrogen-bond acceptors (Lipinski definition) is 4. The molecule has 0 fully saturated rings. The van der Waals surface area contributed by atoms with Gasteiger partial charge in [-0.2, -0.15) is 0 Å². The Morgan fingerprint density at radius 1 is 0.944 bits per heavy atom. The molecule has 1 aliphatic heterocycles. The third-order valence-corrected chi connectivity index (χ3v) is 7.59. The molecule has 5 rings (SSSR count). The monoisotopic (exact) mass is 541 g/mol. The second kappa shape index (κ2) is 10.8. The largest absolute Gasteiger partial charge is 0.465 e. The van der Waals surface area contributed by atoms with Gasteiger partial charge in [0.1, 0.15) is 5.92 Å². The van der Waals surface area contributed by atoms with E-state index in [1.54, 1.807) is 0 Å². The number of carbonyl (C=O) groups excluding carboxylic acids is 2. The van der Waals surface area contributed by atoms with Gasteiger partial charge in [0, 0.05) is 40.2 Å². The Hall–Kier alpha value is -3.31. The van der Waals surface area contributed by atoms with Gasteiger partial charge in [0.15, 0.2) is 5.78 Å². The first-order valence-corrected chi connectivity index (χ1v) is 13.1. The summed E-state index contributed by atoms with van der Waals surface area (Å²) in [6.07, 6.45) is 1.74. The molecule has 0 radical (unpaired) electrons. The molecule has 1 heterocycles. The van der Waals surface area contributed by atoms with E-state index in [-0.39, 0.29) is 24.3 Å². The van der Waals surface area contributed by atoms with Gasteiger partial charge in [-0.1, -0.05) is 88.7 Å². The van der Waals surface area contributed by atoms with E-state index in [1.807, 2.05) is 79.7 Å². The Balaban J connectivity index is 1.46. The highest BCUT2D eigenvalue weighted by Crippen LogP contribution is 2.47. The van der Waals surface area contributed by atoms with Gasteiger partial charge in [-0.15, -0.1) is 0 Å². The van der Waals surface area contributed by atoms with Crippen LogP contribution in [0.1, 0.15) is 48.3 Å². The average molecular weight is 542 g/mol. The molecular weight excluding hydrogens is 514 g/mol. The van der Waals surface area contributed by atoms with Crippen molar-refractivity contribution in [1.82, 2.24) is 0 Å². The molecular formula is C31H28BrNO3. The number of nitrogens with zero attached hydrogens (tertiary/aromatic N) is 1. The summed E-state index contributed by atoms with van der Waals surface area (Å²) in [4.78, 5) is 32.0. The van der Waals surface area contributed by atoms with Crippen LogP contribution >= 0.6 is 15.9 Å².